The molecule has 15 heavy (non-hydrogen) atoms. The molecule has 0 aliphatic heterocycles. The molecule has 1 aromatic heterocycles. The van der Waals surface area contributed by atoms with Crippen molar-refractivity contribution in [3.63, 3.8) is 0 Å². The summed E-state index contributed by atoms with van der Waals surface area (Å²) in [5, 5.41) is 0. The normalized spacial score (nSPS) is 10.4. The first-order valence-corrected chi connectivity index (χ1v) is 8.63. The molecule has 1 heterocycles. The predicted molar refractivity (Wildman–Crippen MR) is 65.6 cm³/mol. The van der Waals surface area contributed by atoms with Gasteiger partial charge in [-0.25, -0.2) is 4.98 Å². The van der Waals surface area contributed by atoms with Crippen LogP contribution in [0.2, 0.25) is 19.6 Å². The summed E-state index contributed by atoms with van der Waals surface area (Å²) in [4.78, 5) is 4.16. The standard InChI is InChI=1S/C12H17NOSi/c1-5-14-12-7-6-11(10-13-12)8-9-15(2,3)4/h6-7,10H,5H2,1-4H3. The van der Waals surface area contributed by atoms with Crippen molar-refractivity contribution in [2.24, 2.45) is 0 Å². The van der Waals surface area contributed by atoms with E-state index in [2.05, 4.69) is 36.1 Å². The zero-order valence-corrected chi connectivity index (χ0v) is 10.8. The lowest BCUT2D eigenvalue weighted by Crippen LogP contribution is -2.16. The van der Waals surface area contributed by atoms with E-state index >= 15 is 0 Å². The van der Waals surface area contributed by atoms with Gasteiger partial charge in [0.1, 0.15) is 8.07 Å². The highest BCUT2D eigenvalue weighted by Gasteiger charge is 2.07. The fourth-order valence-electron chi connectivity index (χ4n) is 0.947. The summed E-state index contributed by atoms with van der Waals surface area (Å²) in [6.45, 7) is 9.26. The Morgan fingerprint density at radius 1 is 1.33 bits per heavy atom. The van der Waals surface area contributed by atoms with E-state index in [9.17, 15) is 0 Å². The molecule has 2 nitrogen and oxygen atoms in total. The van der Waals surface area contributed by atoms with Gasteiger partial charge in [-0.2, -0.15) is 0 Å². The van der Waals surface area contributed by atoms with E-state index in [0.29, 0.717) is 12.5 Å². The molecule has 0 amide bonds. The van der Waals surface area contributed by atoms with Crippen LogP contribution in [-0.2, 0) is 0 Å². The van der Waals surface area contributed by atoms with E-state index in [-0.39, 0.29) is 0 Å². The van der Waals surface area contributed by atoms with E-state index in [1.165, 1.54) is 0 Å². The van der Waals surface area contributed by atoms with Crippen LogP contribution in [-0.4, -0.2) is 19.7 Å². The molecule has 1 rings (SSSR count). The third-order valence-electron chi connectivity index (χ3n) is 1.61. The Morgan fingerprint density at radius 3 is 2.53 bits per heavy atom. The van der Waals surface area contributed by atoms with Crippen molar-refractivity contribution in [2.75, 3.05) is 6.61 Å². The maximum absolute atomic E-state index is 5.26. The van der Waals surface area contributed by atoms with Crippen LogP contribution in [0.4, 0.5) is 0 Å². The Bertz CT molecular complexity index is 367. The van der Waals surface area contributed by atoms with Crippen molar-refractivity contribution in [1.29, 1.82) is 0 Å². The Kier molecular flexibility index (Phi) is 3.93. The fourth-order valence-corrected chi connectivity index (χ4v) is 1.47. The molecule has 0 atom stereocenters. The number of ether oxygens (including phenoxy) is 1. The summed E-state index contributed by atoms with van der Waals surface area (Å²) in [6, 6.07) is 3.81. The molecule has 0 aromatic carbocycles. The van der Waals surface area contributed by atoms with E-state index in [4.69, 9.17) is 4.74 Å². The molecule has 0 saturated heterocycles. The van der Waals surface area contributed by atoms with Gasteiger partial charge < -0.3 is 4.74 Å². The Balaban J connectivity index is 2.75. The molecule has 0 spiro atoms. The molecule has 0 radical (unpaired) electrons. The maximum atomic E-state index is 5.26. The van der Waals surface area contributed by atoms with Crippen molar-refractivity contribution in [1.82, 2.24) is 4.98 Å². The van der Waals surface area contributed by atoms with Crippen LogP contribution in [0.1, 0.15) is 12.5 Å². The minimum Gasteiger partial charge on any atom is -0.478 e. The zero-order chi connectivity index (χ0) is 11.3. The van der Waals surface area contributed by atoms with Crippen LogP contribution in [0.5, 0.6) is 5.88 Å². The highest BCUT2D eigenvalue weighted by molar-refractivity contribution is 6.83. The second kappa shape index (κ2) is 4.99. The number of hydrogen-bond donors (Lipinski definition) is 0. The van der Waals surface area contributed by atoms with Gasteiger partial charge in [-0.3, -0.25) is 0 Å². The number of rotatable bonds is 2. The van der Waals surface area contributed by atoms with Crippen LogP contribution in [0.25, 0.3) is 0 Å². The molecule has 0 aliphatic carbocycles. The lowest BCUT2D eigenvalue weighted by Gasteiger charge is -2.03. The second-order valence-corrected chi connectivity index (χ2v) is 9.07. The van der Waals surface area contributed by atoms with Crippen molar-refractivity contribution in [3.8, 4) is 17.3 Å². The van der Waals surface area contributed by atoms with Crippen LogP contribution in [0.15, 0.2) is 18.3 Å². The highest BCUT2D eigenvalue weighted by Crippen LogP contribution is 2.07. The second-order valence-electron chi connectivity index (χ2n) is 4.32. The molecule has 0 N–H and O–H groups in total. The number of pyridine rings is 1. The van der Waals surface area contributed by atoms with Gasteiger partial charge >= 0.3 is 0 Å². The Morgan fingerprint density at radius 2 is 2.07 bits per heavy atom. The van der Waals surface area contributed by atoms with E-state index in [1.54, 1.807) is 6.20 Å². The third-order valence-corrected chi connectivity index (χ3v) is 2.49. The van der Waals surface area contributed by atoms with Gasteiger partial charge in [0.05, 0.1) is 6.61 Å². The average molecular weight is 219 g/mol. The van der Waals surface area contributed by atoms with Gasteiger partial charge in [0.15, 0.2) is 0 Å². The maximum Gasteiger partial charge on any atom is 0.213 e. The van der Waals surface area contributed by atoms with Gasteiger partial charge in [0, 0.05) is 17.8 Å². The van der Waals surface area contributed by atoms with Crippen LogP contribution < -0.4 is 4.74 Å². The molecule has 0 fully saturated rings. The summed E-state index contributed by atoms with van der Waals surface area (Å²) in [7, 11) is -1.29. The molecule has 0 bridgehead atoms. The summed E-state index contributed by atoms with van der Waals surface area (Å²) < 4.78 is 5.26. The summed E-state index contributed by atoms with van der Waals surface area (Å²) in [5.74, 6) is 3.81. The van der Waals surface area contributed by atoms with Crippen LogP contribution in [0, 0.1) is 11.5 Å². The van der Waals surface area contributed by atoms with Gasteiger partial charge in [0.2, 0.25) is 5.88 Å². The molecule has 0 saturated carbocycles. The highest BCUT2D eigenvalue weighted by atomic mass is 28.3. The van der Waals surface area contributed by atoms with E-state index in [0.717, 1.165) is 5.56 Å². The lowest BCUT2D eigenvalue weighted by molar-refractivity contribution is 0.327. The molecule has 0 aliphatic rings. The summed E-state index contributed by atoms with van der Waals surface area (Å²) in [6.07, 6.45) is 1.76. The van der Waals surface area contributed by atoms with Gasteiger partial charge in [0.25, 0.3) is 0 Å². The first-order chi connectivity index (χ1) is 7.01. The summed E-state index contributed by atoms with van der Waals surface area (Å²) in [5.41, 5.74) is 4.26. The Labute approximate surface area is 92.7 Å². The molecule has 1 aromatic rings. The monoisotopic (exact) mass is 219 g/mol. The van der Waals surface area contributed by atoms with Gasteiger partial charge in [-0.1, -0.05) is 25.6 Å². The quantitative estimate of drug-likeness (QED) is 0.563. The molecular weight excluding hydrogens is 202 g/mol. The number of nitrogens with zero attached hydrogens (tertiary/aromatic N) is 1. The first-order valence-electron chi connectivity index (χ1n) is 5.13. The Hall–Kier alpha value is -1.27. The van der Waals surface area contributed by atoms with Crippen molar-refractivity contribution in [3.05, 3.63) is 23.9 Å². The topological polar surface area (TPSA) is 22.1 Å². The van der Waals surface area contributed by atoms with Crippen molar-refractivity contribution >= 4 is 8.07 Å². The number of hydrogen-bond acceptors (Lipinski definition) is 2. The van der Waals surface area contributed by atoms with Crippen LogP contribution in [0.3, 0.4) is 0 Å². The SMILES string of the molecule is CCOc1ccc(C#C[Si](C)(C)C)cn1. The first kappa shape index (κ1) is 11.8. The minimum atomic E-state index is -1.29. The fraction of sp³-hybridized carbons (Fsp3) is 0.417. The summed E-state index contributed by atoms with van der Waals surface area (Å²) >= 11 is 0. The van der Waals surface area contributed by atoms with Crippen molar-refractivity contribution < 1.29 is 4.74 Å². The van der Waals surface area contributed by atoms with E-state index < -0.39 is 8.07 Å². The van der Waals surface area contributed by atoms with E-state index in [1.807, 2.05) is 19.1 Å². The van der Waals surface area contributed by atoms with Crippen LogP contribution >= 0.6 is 0 Å². The molecule has 80 valence electrons. The molecule has 0 unspecified atom stereocenters. The molecular formula is C12H17NOSi. The smallest absolute Gasteiger partial charge is 0.213 e. The van der Waals surface area contributed by atoms with Gasteiger partial charge in [-0.05, 0) is 13.0 Å². The third kappa shape index (κ3) is 4.66. The van der Waals surface area contributed by atoms with Gasteiger partial charge in [-0.15, -0.1) is 5.54 Å². The minimum absolute atomic E-state index is 0.646. The largest absolute Gasteiger partial charge is 0.478 e. The average Bonchev–Trinajstić information content (AvgIpc) is 2.16. The molecule has 3 heteroatoms. The lowest BCUT2D eigenvalue weighted by atomic mass is 10.3. The predicted octanol–water partition coefficient (Wildman–Crippen LogP) is 2.71. The zero-order valence-electron chi connectivity index (χ0n) is 9.79. The van der Waals surface area contributed by atoms with Crippen molar-refractivity contribution in [2.45, 2.75) is 26.6 Å². The number of aromatic nitrogens is 1.